The lowest BCUT2D eigenvalue weighted by molar-refractivity contribution is 1.30. The van der Waals surface area contributed by atoms with Crippen molar-refractivity contribution in [3.8, 4) is 0 Å². The van der Waals surface area contributed by atoms with E-state index in [1.54, 1.807) is 0 Å². The Labute approximate surface area is 72.4 Å². The Morgan fingerprint density at radius 1 is 1.50 bits per heavy atom. The summed E-state index contributed by atoms with van der Waals surface area (Å²) in [6, 6.07) is 6.36. The van der Waals surface area contributed by atoms with Crippen LogP contribution in [0.3, 0.4) is 0 Å². The predicted molar refractivity (Wildman–Crippen MR) is 52.3 cm³/mol. The zero-order chi connectivity index (χ0) is 7.56. The summed E-state index contributed by atoms with van der Waals surface area (Å²) in [5, 5.41) is 0. The number of aryl methyl sites for hydroxylation is 1. The normalized spacial score (nSPS) is 9.90. The van der Waals surface area contributed by atoms with Crippen molar-refractivity contribution in [3.63, 3.8) is 0 Å². The quantitative estimate of drug-likeness (QED) is 0.634. The van der Waals surface area contributed by atoms with E-state index in [1.165, 1.54) is 11.1 Å². The van der Waals surface area contributed by atoms with Crippen molar-refractivity contribution in [2.75, 3.05) is 0 Å². The second-order valence-corrected chi connectivity index (χ2v) is 3.60. The Kier molecular flexibility index (Phi) is 2.88. The summed E-state index contributed by atoms with van der Waals surface area (Å²) < 4.78 is 1.16. The predicted octanol–water partition coefficient (Wildman–Crippen LogP) is 3.13. The molecule has 0 heterocycles. The van der Waals surface area contributed by atoms with Crippen LogP contribution in [0.25, 0.3) is 0 Å². The summed E-state index contributed by atoms with van der Waals surface area (Å²) in [4.78, 5) is 0. The highest BCUT2D eigenvalue weighted by Crippen LogP contribution is 2.17. The molecule has 0 aliphatic heterocycles. The Hall–Kier alpha value is 0.130. The van der Waals surface area contributed by atoms with Gasteiger partial charge in [0.2, 0.25) is 0 Å². The van der Waals surface area contributed by atoms with Crippen molar-refractivity contribution in [2.45, 2.75) is 13.1 Å². The number of benzene rings is 1. The van der Waals surface area contributed by atoms with Gasteiger partial charge in [0, 0.05) is 4.47 Å². The maximum Gasteiger partial charge on any atom is 0.0178 e. The molecule has 0 amide bonds. The highest BCUT2D eigenvalue weighted by Gasteiger charge is 1.94. The number of hydrogen-bond donors (Lipinski definition) is 0. The average molecular weight is 217 g/mol. The van der Waals surface area contributed by atoms with Gasteiger partial charge in [0.15, 0.2) is 0 Å². The van der Waals surface area contributed by atoms with Crippen LogP contribution in [-0.4, -0.2) is 0 Å². The molecule has 1 atom stereocenters. The topological polar surface area (TPSA) is 0 Å². The zero-order valence-electron chi connectivity index (χ0n) is 5.89. The Morgan fingerprint density at radius 2 is 2.20 bits per heavy atom. The number of hydrogen-bond acceptors (Lipinski definition) is 0. The van der Waals surface area contributed by atoms with Gasteiger partial charge in [-0.05, 0) is 36.3 Å². The summed E-state index contributed by atoms with van der Waals surface area (Å²) in [7, 11) is 2.73. The molecular formula is C8H10BrP. The first-order valence-corrected chi connectivity index (χ1v) is 4.80. The minimum atomic E-state index is 1.04. The monoisotopic (exact) mass is 216 g/mol. The molecule has 1 aromatic carbocycles. The zero-order valence-corrected chi connectivity index (χ0v) is 8.64. The van der Waals surface area contributed by atoms with Crippen LogP contribution in [0.15, 0.2) is 22.7 Å². The van der Waals surface area contributed by atoms with Gasteiger partial charge in [-0.25, -0.2) is 0 Å². The van der Waals surface area contributed by atoms with E-state index in [0.29, 0.717) is 0 Å². The summed E-state index contributed by atoms with van der Waals surface area (Å²) in [6.07, 6.45) is 1.04. The molecule has 0 bridgehead atoms. The van der Waals surface area contributed by atoms with Crippen LogP contribution in [-0.2, 0) is 6.16 Å². The molecule has 0 spiro atoms. The Morgan fingerprint density at radius 3 is 2.70 bits per heavy atom. The van der Waals surface area contributed by atoms with Crippen LogP contribution < -0.4 is 0 Å². The molecule has 10 heavy (non-hydrogen) atoms. The third-order valence-corrected chi connectivity index (χ3v) is 2.46. The lowest BCUT2D eigenvalue weighted by Gasteiger charge is -2.01. The summed E-state index contributed by atoms with van der Waals surface area (Å²) >= 11 is 3.42. The van der Waals surface area contributed by atoms with Gasteiger partial charge in [0.25, 0.3) is 0 Å². The molecule has 0 aliphatic carbocycles. The molecular weight excluding hydrogens is 207 g/mol. The first-order valence-electron chi connectivity index (χ1n) is 3.19. The van der Waals surface area contributed by atoms with Crippen molar-refractivity contribution >= 4 is 25.2 Å². The van der Waals surface area contributed by atoms with E-state index >= 15 is 0 Å². The van der Waals surface area contributed by atoms with E-state index in [2.05, 4.69) is 50.3 Å². The van der Waals surface area contributed by atoms with Gasteiger partial charge < -0.3 is 0 Å². The average Bonchev–Trinajstić information content (AvgIpc) is 1.88. The number of rotatable bonds is 1. The maximum absolute atomic E-state index is 3.42. The van der Waals surface area contributed by atoms with E-state index in [-0.39, 0.29) is 0 Å². The van der Waals surface area contributed by atoms with Crippen LogP contribution in [0.1, 0.15) is 11.1 Å². The second-order valence-electron chi connectivity index (χ2n) is 2.27. The number of halogens is 1. The van der Waals surface area contributed by atoms with Crippen molar-refractivity contribution in [1.82, 2.24) is 0 Å². The highest BCUT2D eigenvalue weighted by molar-refractivity contribution is 9.10. The molecule has 0 fully saturated rings. The molecule has 0 aliphatic rings. The van der Waals surface area contributed by atoms with Crippen molar-refractivity contribution in [3.05, 3.63) is 33.8 Å². The fraction of sp³-hybridized carbons (Fsp3) is 0.250. The molecule has 0 aromatic heterocycles. The summed E-state index contributed by atoms with van der Waals surface area (Å²) in [5.74, 6) is 0. The highest BCUT2D eigenvalue weighted by atomic mass is 79.9. The van der Waals surface area contributed by atoms with Crippen LogP contribution in [0.5, 0.6) is 0 Å². The molecule has 1 aromatic rings. The van der Waals surface area contributed by atoms with Gasteiger partial charge in [0.05, 0.1) is 0 Å². The molecule has 0 N–H and O–H groups in total. The molecule has 1 unspecified atom stereocenters. The molecule has 0 nitrogen and oxygen atoms in total. The van der Waals surface area contributed by atoms with Crippen LogP contribution >= 0.6 is 25.2 Å². The Bertz CT molecular complexity index is 233. The Balaban J connectivity index is 3.07. The van der Waals surface area contributed by atoms with Crippen LogP contribution in [0.2, 0.25) is 0 Å². The summed E-state index contributed by atoms with van der Waals surface area (Å²) in [5.41, 5.74) is 2.75. The van der Waals surface area contributed by atoms with Gasteiger partial charge in [-0.1, -0.05) is 22.0 Å². The third kappa shape index (κ3) is 1.81. The third-order valence-electron chi connectivity index (χ3n) is 1.52. The van der Waals surface area contributed by atoms with E-state index in [4.69, 9.17) is 0 Å². The molecule has 0 saturated heterocycles. The van der Waals surface area contributed by atoms with Crippen LogP contribution in [0, 0.1) is 6.92 Å². The first kappa shape index (κ1) is 8.23. The van der Waals surface area contributed by atoms with E-state index in [0.717, 1.165) is 10.6 Å². The molecule has 0 radical (unpaired) electrons. The molecule has 1 rings (SSSR count). The molecule has 54 valence electrons. The fourth-order valence-electron chi connectivity index (χ4n) is 0.888. The lowest BCUT2D eigenvalue weighted by Crippen LogP contribution is -1.82. The van der Waals surface area contributed by atoms with E-state index in [1.807, 2.05) is 0 Å². The maximum atomic E-state index is 3.42. The smallest absolute Gasteiger partial charge is 0.0178 e. The van der Waals surface area contributed by atoms with Gasteiger partial charge in [0.1, 0.15) is 0 Å². The van der Waals surface area contributed by atoms with Crippen LogP contribution in [0.4, 0.5) is 0 Å². The minimum absolute atomic E-state index is 1.04. The van der Waals surface area contributed by atoms with E-state index in [9.17, 15) is 0 Å². The summed E-state index contributed by atoms with van der Waals surface area (Å²) in [6.45, 7) is 2.13. The second kappa shape index (κ2) is 3.50. The van der Waals surface area contributed by atoms with Gasteiger partial charge in [-0.15, -0.1) is 9.24 Å². The molecule has 0 saturated carbocycles. The minimum Gasteiger partial charge on any atom is -0.133 e. The SMILES string of the molecule is Cc1cc(Br)ccc1CP. The van der Waals surface area contributed by atoms with Gasteiger partial charge >= 0.3 is 0 Å². The standard InChI is InChI=1S/C8H10BrP/c1-6-4-8(9)3-2-7(6)5-10/h2-4H,5,10H2,1H3. The van der Waals surface area contributed by atoms with E-state index < -0.39 is 0 Å². The van der Waals surface area contributed by atoms with Crippen molar-refractivity contribution in [1.29, 1.82) is 0 Å². The van der Waals surface area contributed by atoms with Crippen molar-refractivity contribution < 1.29 is 0 Å². The first-order chi connectivity index (χ1) is 4.74. The molecule has 2 heteroatoms. The van der Waals surface area contributed by atoms with Gasteiger partial charge in [-0.3, -0.25) is 0 Å². The van der Waals surface area contributed by atoms with Crippen molar-refractivity contribution in [2.24, 2.45) is 0 Å². The largest absolute Gasteiger partial charge is 0.133 e. The van der Waals surface area contributed by atoms with Gasteiger partial charge in [-0.2, -0.15) is 0 Å². The lowest BCUT2D eigenvalue weighted by atomic mass is 10.1. The fourth-order valence-corrected chi connectivity index (χ4v) is 1.82.